The van der Waals surface area contributed by atoms with Gasteiger partial charge in [0.25, 0.3) is 0 Å². The van der Waals surface area contributed by atoms with E-state index in [-0.39, 0.29) is 23.5 Å². The molecule has 4 radical (unpaired) electrons. The van der Waals surface area contributed by atoms with Crippen LogP contribution in [0.2, 0.25) is 0 Å². The fourth-order valence-electron chi connectivity index (χ4n) is 6.11. The van der Waals surface area contributed by atoms with Crippen LogP contribution >= 0.6 is 0 Å². The molecule has 1 aromatic heterocycles. The van der Waals surface area contributed by atoms with Crippen molar-refractivity contribution in [1.29, 1.82) is 0 Å². The molecule has 2 aliphatic heterocycles. The minimum Gasteiger partial charge on any atom is -0.381 e. The Morgan fingerprint density at radius 3 is 2.31 bits per heavy atom. The maximum Gasteiger partial charge on any atom is 0.420 e. The third-order valence-electron chi connectivity index (χ3n) is 8.08. The number of ether oxygens (including phenoxy) is 1. The lowest BCUT2D eigenvalue weighted by Gasteiger charge is -2.45. The second-order valence-corrected chi connectivity index (χ2v) is 10.5. The monoisotopic (exact) mass is 498 g/mol. The molecule has 11 heteroatoms. The van der Waals surface area contributed by atoms with Crippen molar-refractivity contribution in [3.63, 3.8) is 0 Å². The zero-order valence-electron chi connectivity index (χ0n) is 20.2. The lowest BCUT2D eigenvalue weighted by atomic mass is 9.52. The van der Waals surface area contributed by atoms with Gasteiger partial charge in [-0.25, -0.2) is 4.39 Å². The average molecular weight is 498 g/mol. The fraction of sp³-hybridized carbons (Fsp3) is 0.600. The van der Waals surface area contributed by atoms with Crippen LogP contribution in [0, 0.1) is 30.5 Å². The number of aromatic nitrogens is 2. The summed E-state index contributed by atoms with van der Waals surface area (Å²) in [6.07, 6.45) is -1.54. The lowest BCUT2D eigenvalue weighted by Crippen LogP contribution is -2.56. The Morgan fingerprint density at radius 1 is 1.03 bits per heavy atom. The number of fused-ring (bicyclic) bond motifs is 1. The fourth-order valence-corrected chi connectivity index (χ4v) is 6.11. The van der Waals surface area contributed by atoms with Gasteiger partial charge in [0.05, 0.1) is 21.4 Å². The number of alkyl halides is 3. The molecular weight excluding hydrogens is 470 g/mol. The Kier molecular flexibility index (Phi) is 6.83. The first kappa shape index (κ1) is 25.5. The second-order valence-electron chi connectivity index (χ2n) is 10.5. The number of hydrogen-bond donors (Lipinski definition) is 1. The van der Waals surface area contributed by atoms with E-state index < -0.39 is 22.9 Å². The maximum absolute atomic E-state index is 14.0. The first-order valence-electron chi connectivity index (χ1n) is 12.4. The van der Waals surface area contributed by atoms with E-state index in [1.165, 1.54) is 18.2 Å². The van der Waals surface area contributed by atoms with Crippen molar-refractivity contribution in [3.05, 3.63) is 41.2 Å². The summed E-state index contributed by atoms with van der Waals surface area (Å²) in [6, 6.07) is 4.71. The minimum absolute atomic E-state index is 0.0552. The number of nitrogens with one attached hydrogen (secondary N) is 1. The molecule has 188 valence electrons. The molecule has 5 rings (SSSR count). The molecule has 5 nitrogen and oxygen atoms in total. The number of halogens is 4. The van der Waals surface area contributed by atoms with Crippen LogP contribution in [-0.4, -0.2) is 68.5 Å². The van der Waals surface area contributed by atoms with Gasteiger partial charge in [-0.2, -0.15) is 13.2 Å². The van der Waals surface area contributed by atoms with Gasteiger partial charge >= 0.3 is 6.18 Å². The van der Waals surface area contributed by atoms with Gasteiger partial charge in [-0.05, 0) is 80.2 Å². The van der Waals surface area contributed by atoms with Crippen LogP contribution in [0.15, 0.2) is 24.3 Å². The Bertz CT molecular complexity index is 1100. The SMILES string of the molecule is [B]C([B])(C1CCOCC1)N1C[C@H]2CC(Nc3nnc(-c4ccc(F)cc4C)cc3C(F)(F)F)C[C@H]2C1. The van der Waals surface area contributed by atoms with Gasteiger partial charge in [0.1, 0.15) is 11.4 Å². The van der Waals surface area contributed by atoms with Crippen molar-refractivity contribution in [3.8, 4) is 11.3 Å². The molecule has 3 aliphatic rings. The molecule has 1 aromatic carbocycles. The number of hydrogen-bond acceptors (Lipinski definition) is 5. The normalized spacial score (nSPS) is 25.8. The average Bonchev–Trinajstić information content (AvgIpc) is 3.39. The molecule has 2 aromatic rings. The zero-order chi connectivity index (χ0) is 25.7. The van der Waals surface area contributed by atoms with Gasteiger partial charge in [-0.1, -0.05) is 5.34 Å². The summed E-state index contributed by atoms with van der Waals surface area (Å²) in [4.78, 5) is 2.15. The summed E-state index contributed by atoms with van der Waals surface area (Å²) >= 11 is 0. The molecular formula is C25H28B2F4N4O. The van der Waals surface area contributed by atoms with E-state index in [4.69, 9.17) is 20.4 Å². The summed E-state index contributed by atoms with van der Waals surface area (Å²) in [7, 11) is 13.2. The first-order valence-corrected chi connectivity index (χ1v) is 12.4. The molecule has 0 spiro atoms. The Hall–Kier alpha value is -2.13. The summed E-state index contributed by atoms with van der Waals surface area (Å²) in [5.74, 6) is 0.0292. The first-order chi connectivity index (χ1) is 17.0. The third-order valence-corrected chi connectivity index (χ3v) is 8.08. The van der Waals surface area contributed by atoms with E-state index >= 15 is 0 Å². The van der Waals surface area contributed by atoms with Crippen LogP contribution in [0.25, 0.3) is 11.3 Å². The topological polar surface area (TPSA) is 50.3 Å². The smallest absolute Gasteiger partial charge is 0.381 e. The lowest BCUT2D eigenvalue weighted by molar-refractivity contribution is -0.137. The largest absolute Gasteiger partial charge is 0.420 e. The highest BCUT2D eigenvalue weighted by Gasteiger charge is 2.47. The molecule has 36 heavy (non-hydrogen) atoms. The van der Waals surface area contributed by atoms with Crippen molar-refractivity contribution < 1.29 is 22.3 Å². The summed E-state index contributed by atoms with van der Waals surface area (Å²) in [5, 5.41) is 10.1. The van der Waals surface area contributed by atoms with Gasteiger partial charge in [0, 0.05) is 37.9 Å². The van der Waals surface area contributed by atoms with Crippen molar-refractivity contribution in [1.82, 2.24) is 15.1 Å². The van der Waals surface area contributed by atoms with Crippen LogP contribution in [0.4, 0.5) is 23.4 Å². The van der Waals surface area contributed by atoms with Gasteiger partial charge in [0.2, 0.25) is 0 Å². The van der Waals surface area contributed by atoms with Gasteiger partial charge in [-0.15, -0.1) is 10.2 Å². The summed E-state index contributed by atoms with van der Waals surface area (Å²) < 4.78 is 60.8. The van der Waals surface area contributed by atoms with Crippen LogP contribution in [-0.2, 0) is 10.9 Å². The third kappa shape index (κ3) is 5.01. The Labute approximate surface area is 211 Å². The molecule has 0 bridgehead atoms. The minimum atomic E-state index is -4.62. The number of benzene rings is 1. The molecule has 1 N–H and O–H groups in total. The predicted molar refractivity (Wildman–Crippen MR) is 130 cm³/mol. The van der Waals surface area contributed by atoms with E-state index in [0.29, 0.717) is 49.0 Å². The van der Waals surface area contributed by atoms with Crippen molar-refractivity contribution in [2.45, 2.75) is 50.2 Å². The van der Waals surface area contributed by atoms with E-state index in [0.717, 1.165) is 32.0 Å². The van der Waals surface area contributed by atoms with Crippen molar-refractivity contribution >= 4 is 21.5 Å². The second kappa shape index (κ2) is 9.63. The number of likely N-dealkylation sites (tertiary alicyclic amines) is 1. The molecule has 1 aliphatic carbocycles. The van der Waals surface area contributed by atoms with E-state index in [1.54, 1.807) is 6.92 Å². The highest BCUT2D eigenvalue weighted by molar-refractivity contribution is 6.40. The van der Waals surface area contributed by atoms with Crippen molar-refractivity contribution in [2.75, 3.05) is 31.6 Å². The Morgan fingerprint density at radius 2 is 1.69 bits per heavy atom. The van der Waals surface area contributed by atoms with Crippen LogP contribution < -0.4 is 5.32 Å². The summed E-state index contributed by atoms with van der Waals surface area (Å²) in [5.41, 5.74) is 0.0768. The number of nitrogens with zero attached hydrogens (tertiary/aromatic N) is 3. The van der Waals surface area contributed by atoms with Gasteiger partial charge < -0.3 is 15.0 Å². The molecule has 3 fully saturated rings. The molecule has 3 atom stereocenters. The number of anilines is 1. The Balaban J connectivity index is 1.28. The molecule has 1 saturated carbocycles. The van der Waals surface area contributed by atoms with Gasteiger partial charge in [-0.3, -0.25) is 0 Å². The summed E-state index contributed by atoms with van der Waals surface area (Å²) in [6.45, 7) is 4.41. The molecule has 0 amide bonds. The highest BCUT2D eigenvalue weighted by atomic mass is 19.4. The van der Waals surface area contributed by atoms with Crippen LogP contribution in [0.1, 0.15) is 36.8 Å². The van der Waals surface area contributed by atoms with E-state index in [9.17, 15) is 17.6 Å². The standard InChI is InChI=1S/C25H28B2F4N4O/c1-14-8-18(28)2-3-20(14)22-11-21(25(29,30)31)23(34-33-22)32-19-9-15-12-35(13-16(15)10-19)24(26,27)17-4-6-36-7-5-17/h2-3,8,11,15-17,19H,4-7,9-10,12-13H2,1H3,(H,32,34)/t15-,16+,19?. The maximum atomic E-state index is 14.0. The van der Waals surface area contributed by atoms with Gasteiger partial charge in [0.15, 0.2) is 5.82 Å². The zero-order valence-corrected chi connectivity index (χ0v) is 20.2. The molecule has 3 heterocycles. The van der Waals surface area contributed by atoms with Crippen LogP contribution in [0.5, 0.6) is 0 Å². The highest BCUT2D eigenvalue weighted by Crippen LogP contribution is 2.44. The van der Waals surface area contributed by atoms with E-state index in [1.807, 2.05) is 0 Å². The number of rotatable bonds is 5. The van der Waals surface area contributed by atoms with E-state index in [2.05, 4.69) is 20.4 Å². The molecule has 2 saturated heterocycles. The molecule has 1 unspecified atom stereocenters. The van der Waals surface area contributed by atoms with Crippen molar-refractivity contribution in [2.24, 2.45) is 17.8 Å². The number of aryl methyl sites for hydroxylation is 1. The van der Waals surface area contributed by atoms with Crippen LogP contribution in [0.3, 0.4) is 0 Å². The quantitative estimate of drug-likeness (QED) is 0.496. The predicted octanol–water partition coefficient (Wildman–Crippen LogP) is 4.15.